The van der Waals surface area contributed by atoms with E-state index in [9.17, 15) is 0 Å². The molecular formula is C13H13N3O. The number of nitriles is 1. The zero-order chi connectivity index (χ0) is 12.1. The molecule has 0 aliphatic carbocycles. The summed E-state index contributed by atoms with van der Waals surface area (Å²) in [5.74, 6) is 0.905. The second-order valence-electron chi connectivity index (χ2n) is 3.60. The highest BCUT2D eigenvalue weighted by Crippen LogP contribution is 2.17. The summed E-state index contributed by atoms with van der Waals surface area (Å²) in [6.45, 7) is 3.60. The molecule has 17 heavy (non-hydrogen) atoms. The Morgan fingerprint density at radius 1 is 1.47 bits per heavy atom. The lowest BCUT2D eigenvalue weighted by Gasteiger charge is -2.21. The first-order chi connectivity index (χ1) is 8.33. The van der Waals surface area contributed by atoms with Crippen LogP contribution >= 0.6 is 0 Å². The van der Waals surface area contributed by atoms with Crippen molar-refractivity contribution in [1.29, 1.82) is 5.26 Å². The van der Waals surface area contributed by atoms with Gasteiger partial charge in [0, 0.05) is 18.4 Å². The quantitative estimate of drug-likeness (QED) is 0.805. The first-order valence-electron chi connectivity index (χ1n) is 5.47. The van der Waals surface area contributed by atoms with Gasteiger partial charge in [0.25, 0.3) is 0 Å². The zero-order valence-electron chi connectivity index (χ0n) is 9.63. The van der Waals surface area contributed by atoms with E-state index in [0.29, 0.717) is 12.2 Å². The first-order valence-corrected chi connectivity index (χ1v) is 5.47. The summed E-state index contributed by atoms with van der Waals surface area (Å²) < 4.78 is 5.32. The molecule has 4 nitrogen and oxygen atoms in total. The topological polar surface area (TPSA) is 53.1 Å². The van der Waals surface area contributed by atoms with E-state index in [2.05, 4.69) is 16.8 Å². The molecule has 0 saturated heterocycles. The van der Waals surface area contributed by atoms with Crippen LogP contribution in [0.5, 0.6) is 0 Å². The molecule has 0 fully saturated rings. The van der Waals surface area contributed by atoms with Crippen molar-refractivity contribution in [2.24, 2.45) is 0 Å². The van der Waals surface area contributed by atoms with Gasteiger partial charge >= 0.3 is 0 Å². The fraction of sp³-hybridized carbons (Fsp3) is 0.231. The summed E-state index contributed by atoms with van der Waals surface area (Å²) in [5, 5.41) is 8.82. The van der Waals surface area contributed by atoms with Gasteiger partial charge in [-0.2, -0.15) is 5.26 Å². The van der Waals surface area contributed by atoms with Gasteiger partial charge < -0.3 is 9.32 Å². The summed E-state index contributed by atoms with van der Waals surface area (Å²) >= 11 is 0. The Morgan fingerprint density at radius 2 is 2.35 bits per heavy atom. The Kier molecular flexibility index (Phi) is 3.41. The molecule has 0 aromatic carbocycles. The maximum Gasteiger partial charge on any atom is 0.142 e. The number of hydrogen-bond donors (Lipinski definition) is 0. The Morgan fingerprint density at radius 3 is 3.00 bits per heavy atom. The van der Waals surface area contributed by atoms with Crippen LogP contribution in [-0.2, 0) is 6.54 Å². The number of hydrogen-bond acceptors (Lipinski definition) is 4. The monoisotopic (exact) mass is 227 g/mol. The molecule has 0 spiro atoms. The number of pyridine rings is 1. The van der Waals surface area contributed by atoms with E-state index in [1.807, 2.05) is 24.3 Å². The molecule has 0 radical (unpaired) electrons. The van der Waals surface area contributed by atoms with Gasteiger partial charge in [0.05, 0.1) is 12.8 Å². The molecule has 0 unspecified atom stereocenters. The highest BCUT2D eigenvalue weighted by atomic mass is 16.3. The molecule has 2 heterocycles. The number of rotatable bonds is 4. The van der Waals surface area contributed by atoms with E-state index in [1.54, 1.807) is 18.5 Å². The van der Waals surface area contributed by atoms with Crippen molar-refractivity contribution in [3.63, 3.8) is 0 Å². The number of nitrogens with zero attached hydrogens (tertiary/aromatic N) is 3. The molecule has 2 rings (SSSR count). The van der Waals surface area contributed by atoms with Crippen LogP contribution in [0.3, 0.4) is 0 Å². The second kappa shape index (κ2) is 5.17. The van der Waals surface area contributed by atoms with Crippen LogP contribution in [0.1, 0.15) is 18.4 Å². The molecule has 0 N–H and O–H groups in total. The Balaban J connectivity index is 2.20. The van der Waals surface area contributed by atoms with E-state index in [4.69, 9.17) is 9.68 Å². The minimum atomic E-state index is 0.431. The van der Waals surface area contributed by atoms with Gasteiger partial charge in [0.1, 0.15) is 17.5 Å². The average Bonchev–Trinajstić information content (AvgIpc) is 2.89. The third-order valence-corrected chi connectivity index (χ3v) is 2.53. The fourth-order valence-corrected chi connectivity index (χ4v) is 1.65. The van der Waals surface area contributed by atoms with Gasteiger partial charge in [-0.3, -0.25) is 0 Å². The van der Waals surface area contributed by atoms with Crippen molar-refractivity contribution in [3.05, 3.63) is 48.2 Å². The highest BCUT2D eigenvalue weighted by molar-refractivity contribution is 5.48. The lowest BCUT2D eigenvalue weighted by atomic mass is 10.3. The molecule has 0 amide bonds. The molecule has 2 aromatic heterocycles. The molecule has 4 heteroatoms. The number of furan rings is 1. The molecule has 0 aliphatic heterocycles. The third kappa shape index (κ3) is 2.64. The molecule has 0 aliphatic rings. The standard InChI is InChI=1S/C13H13N3O/c1-2-16(10-13-4-3-7-17-13)12-5-6-15-11(8-12)9-14/h3-8H,2,10H2,1H3. The van der Waals surface area contributed by atoms with E-state index in [0.717, 1.165) is 18.0 Å². The predicted octanol–water partition coefficient (Wildman–Crippen LogP) is 2.57. The smallest absolute Gasteiger partial charge is 0.142 e. The van der Waals surface area contributed by atoms with Gasteiger partial charge in [-0.25, -0.2) is 4.98 Å². The fourth-order valence-electron chi connectivity index (χ4n) is 1.65. The van der Waals surface area contributed by atoms with Crippen molar-refractivity contribution in [3.8, 4) is 6.07 Å². The summed E-state index contributed by atoms with van der Waals surface area (Å²) in [4.78, 5) is 6.09. The van der Waals surface area contributed by atoms with Gasteiger partial charge in [-0.05, 0) is 31.2 Å². The van der Waals surface area contributed by atoms with E-state index in [-0.39, 0.29) is 0 Å². The summed E-state index contributed by atoms with van der Waals surface area (Å²) in [5.41, 5.74) is 1.41. The van der Waals surface area contributed by atoms with E-state index >= 15 is 0 Å². The van der Waals surface area contributed by atoms with E-state index < -0.39 is 0 Å². The number of anilines is 1. The van der Waals surface area contributed by atoms with Crippen molar-refractivity contribution >= 4 is 5.69 Å². The zero-order valence-corrected chi connectivity index (χ0v) is 9.63. The molecule has 2 aromatic rings. The maximum atomic E-state index is 8.82. The normalized spacial score (nSPS) is 9.88. The van der Waals surface area contributed by atoms with Gasteiger partial charge in [0.15, 0.2) is 0 Å². The summed E-state index contributed by atoms with van der Waals surface area (Å²) in [6.07, 6.45) is 3.31. The van der Waals surface area contributed by atoms with E-state index in [1.165, 1.54) is 0 Å². The molecule has 86 valence electrons. The summed E-state index contributed by atoms with van der Waals surface area (Å²) in [6, 6.07) is 9.54. The predicted molar refractivity (Wildman–Crippen MR) is 64.4 cm³/mol. The molecule has 0 atom stereocenters. The Labute approximate surface area is 100 Å². The molecule has 0 saturated carbocycles. The van der Waals surface area contributed by atoms with Crippen molar-refractivity contribution in [2.45, 2.75) is 13.5 Å². The average molecular weight is 227 g/mol. The maximum absolute atomic E-state index is 8.82. The second-order valence-corrected chi connectivity index (χ2v) is 3.60. The lowest BCUT2D eigenvalue weighted by Crippen LogP contribution is -2.21. The third-order valence-electron chi connectivity index (χ3n) is 2.53. The van der Waals surface area contributed by atoms with Crippen molar-refractivity contribution in [1.82, 2.24) is 4.98 Å². The minimum absolute atomic E-state index is 0.431. The Bertz CT molecular complexity index is 514. The summed E-state index contributed by atoms with van der Waals surface area (Å²) in [7, 11) is 0. The van der Waals surface area contributed by atoms with Gasteiger partial charge in [-0.15, -0.1) is 0 Å². The van der Waals surface area contributed by atoms with Gasteiger partial charge in [-0.1, -0.05) is 0 Å². The highest BCUT2D eigenvalue weighted by Gasteiger charge is 2.07. The Hall–Kier alpha value is -2.28. The van der Waals surface area contributed by atoms with Crippen LogP contribution in [0.15, 0.2) is 41.1 Å². The van der Waals surface area contributed by atoms with Crippen molar-refractivity contribution < 1.29 is 4.42 Å². The van der Waals surface area contributed by atoms with Crippen molar-refractivity contribution in [2.75, 3.05) is 11.4 Å². The molecular weight excluding hydrogens is 214 g/mol. The van der Waals surface area contributed by atoms with Crippen LogP contribution in [0.2, 0.25) is 0 Å². The van der Waals surface area contributed by atoms with Crippen LogP contribution in [0.25, 0.3) is 0 Å². The largest absolute Gasteiger partial charge is 0.467 e. The lowest BCUT2D eigenvalue weighted by molar-refractivity contribution is 0.503. The minimum Gasteiger partial charge on any atom is -0.467 e. The van der Waals surface area contributed by atoms with Crippen LogP contribution < -0.4 is 4.90 Å². The number of aromatic nitrogens is 1. The van der Waals surface area contributed by atoms with Crippen LogP contribution in [0.4, 0.5) is 5.69 Å². The van der Waals surface area contributed by atoms with Gasteiger partial charge in [0.2, 0.25) is 0 Å². The van der Waals surface area contributed by atoms with Crippen LogP contribution in [-0.4, -0.2) is 11.5 Å². The molecule has 0 bridgehead atoms. The SMILES string of the molecule is CCN(Cc1ccco1)c1ccnc(C#N)c1. The van der Waals surface area contributed by atoms with Crippen LogP contribution in [0, 0.1) is 11.3 Å². The first kappa shape index (κ1) is 11.2.